The summed E-state index contributed by atoms with van der Waals surface area (Å²) >= 11 is 3.41. The molecule has 0 radical (unpaired) electrons. The van der Waals surface area contributed by atoms with Gasteiger partial charge in [0.1, 0.15) is 5.75 Å². The van der Waals surface area contributed by atoms with E-state index in [9.17, 15) is 4.79 Å². The molecular formula is C16H26BrClN2O2. The molecule has 1 aromatic rings. The smallest absolute Gasteiger partial charge is 0.225 e. The van der Waals surface area contributed by atoms with E-state index in [4.69, 9.17) is 10.5 Å². The number of ether oxygens (including phenoxy) is 1. The van der Waals surface area contributed by atoms with Gasteiger partial charge in [0.25, 0.3) is 0 Å². The Morgan fingerprint density at radius 3 is 2.59 bits per heavy atom. The molecule has 4 nitrogen and oxygen atoms in total. The van der Waals surface area contributed by atoms with Crippen molar-refractivity contribution < 1.29 is 9.53 Å². The lowest BCUT2D eigenvalue weighted by Gasteiger charge is -2.21. The third-order valence-electron chi connectivity index (χ3n) is 3.49. The first-order valence-electron chi connectivity index (χ1n) is 7.28. The topological polar surface area (TPSA) is 55.6 Å². The summed E-state index contributed by atoms with van der Waals surface area (Å²) in [5, 5.41) is 0. The van der Waals surface area contributed by atoms with Crippen molar-refractivity contribution in [3.05, 3.63) is 28.7 Å². The van der Waals surface area contributed by atoms with Crippen LogP contribution in [0.1, 0.15) is 26.7 Å². The van der Waals surface area contributed by atoms with Crippen LogP contribution in [-0.2, 0) is 4.79 Å². The molecule has 0 aliphatic carbocycles. The van der Waals surface area contributed by atoms with Crippen molar-refractivity contribution in [2.75, 3.05) is 20.2 Å². The number of nitrogens with two attached hydrogens (primary N) is 1. The Hall–Kier alpha value is -0.780. The minimum absolute atomic E-state index is 0. The zero-order valence-corrected chi connectivity index (χ0v) is 15.8. The zero-order valence-electron chi connectivity index (χ0n) is 13.4. The molecule has 2 N–H and O–H groups in total. The van der Waals surface area contributed by atoms with Gasteiger partial charge in [-0.25, -0.2) is 0 Å². The molecule has 0 heterocycles. The fraction of sp³-hybridized carbons (Fsp3) is 0.562. The predicted molar refractivity (Wildman–Crippen MR) is 96.6 cm³/mol. The molecule has 0 bridgehead atoms. The van der Waals surface area contributed by atoms with Crippen LogP contribution in [0.2, 0.25) is 0 Å². The van der Waals surface area contributed by atoms with E-state index in [-0.39, 0.29) is 24.4 Å². The summed E-state index contributed by atoms with van der Waals surface area (Å²) in [5.41, 5.74) is 5.99. The zero-order chi connectivity index (χ0) is 15.8. The highest BCUT2D eigenvalue weighted by molar-refractivity contribution is 9.10. The number of rotatable bonds is 8. The molecule has 0 aliphatic rings. The molecule has 0 fully saturated rings. The minimum Gasteiger partial charge on any atom is -0.492 e. The maximum absolute atomic E-state index is 12.0. The van der Waals surface area contributed by atoms with Gasteiger partial charge < -0.3 is 15.4 Å². The first kappa shape index (κ1) is 21.2. The molecule has 0 aromatic heterocycles. The molecule has 1 amide bonds. The minimum atomic E-state index is 0. The van der Waals surface area contributed by atoms with Crippen LogP contribution in [0.3, 0.4) is 0 Å². The fourth-order valence-corrected chi connectivity index (χ4v) is 2.20. The normalized spacial score (nSPS) is 11.7. The number of halogens is 2. The maximum Gasteiger partial charge on any atom is 0.225 e. The summed E-state index contributed by atoms with van der Waals surface area (Å²) in [6.45, 7) is 5.26. The summed E-state index contributed by atoms with van der Waals surface area (Å²) in [4.78, 5) is 13.7. The van der Waals surface area contributed by atoms with Crippen molar-refractivity contribution in [2.45, 2.75) is 32.7 Å². The number of amides is 1. The van der Waals surface area contributed by atoms with Crippen LogP contribution < -0.4 is 10.5 Å². The molecule has 22 heavy (non-hydrogen) atoms. The van der Waals surface area contributed by atoms with Gasteiger partial charge in [0.2, 0.25) is 5.91 Å². The van der Waals surface area contributed by atoms with Crippen LogP contribution in [0.4, 0.5) is 0 Å². The van der Waals surface area contributed by atoms with Crippen molar-refractivity contribution >= 4 is 34.2 Å². The van der Waals surface area contributed by atoms with Crippen molar-refractivity contribution in [1.29, 1.82) is 0 Å². The highest BCUT2D eigenvalue weighted by atomic mass is 79.9. The second-order valence-electron chi connectivity index (χ2n) is 5.54. The molecule has 126 valence electrons. The first-order valence-corrected chi connectivity index (χ1v) is 8.08. The second kappa shape index (κ2) is 10.9. The van der Waals surface area contributed by atoms with Crippen LogP contribution in [-0.4, -0.2) is 37.0 Å². The Morgan fingerprint density at radius 2 is 2.00 bits per heavy atom. The van der Waals surface area contributed by atoms with Gasteiger partial charge in [-0.1, -0.05) is 26.0 Å². The number of carbonyl (C=O) groups excluding carboxylic acids is 1. The molecule has 0 spiro atoms. The van der Waals surface area contributed by atoms with E-state index in [1.165, 1.54) is 0 Å². The average molecular weight is 394 g/mol. The maximum atomic E-state index is 12.0. The van der Waals surface area contributed by atoms with Crippen molar-refractivity contribution in [3.63, 3.8) is 0 Å². The summed E-state index contributed by atoms with van der Waals surface area (Å²) in [6.07, 6.45) is 1.19. The van der Waals surface area contributed by atoms with Crippen LogP contribution >= 0.6 is 28.3 Å². The van der Waals surface area contributed by atoms with Crippen LogP contribution in [0.25, 0.3) is 0 Å². The molecule has 1 unspecified atom stereocenters. The Balaban J connectivity index is 0.00000441. The van der Waals surface area contributed by atoms with E-state index < -0.39 is 0 Å². The number of carbonyl (C=O) groups is 1. The van der Waals surface area contributed by atoms with Crippen LogP contribution in [0, 0.1) is 5.92 Å². The Kier molecular flexibility index (Phi) is 10.5. The third-order valence-corrected chi connectivity index (χ3v) is 4.15. The molecule has 0 saturated heterocycles. The predicted octanol–water partition coefficient (Wildman–Crippen LogP) is 3.47. The van der Waals surface area contributed by atoms with Gasteiger partial charge in [-0.2, -0.15) is 0 Å². The quantitative estimate of drug-likeness (QED) is 0.735. The second-order valence-corrected chi connectivity index (χ2v) is 6.40. The number of hydrogen-bond acceptors (Lipinski definition) is 3. The average Bonchev–Trinajstić information content (AvgIpc) is 2.46. The van der Waals surface area contributed by atoms with Gasteiger partial charge in [-0.05, 0) is 40.4 Å². The molecule has 0 saturated carbocycles. The lowest BCUT2D eigenvalue weighted by molar-refractivity contribution is -0.130. The Bertz CT molecular complexity index is 458. The first-order chi connectivity index (χ1) is 9.91. The number of benzene rings is 1. The van der Waals surface area contributed by atoms with E-state index >= 15 is 0 Å². The molecule has 1 atom stereocenters. The van der Waals surface area contributed by atoms with Crippen LogP contribution in [0.15, 0.2) is 28.7 Å². The van der Waals surface area contributed by atoms with E-state index in [1.807, 2.05) is 31.3 Å². The van der Waals surface area contributed by atoms with E-state index in [1.54, 1.807) is 4.90 Å². The van der Waals surface area contributed by atoms with E-state index in [0.29, 0.717) is 25.5 Å². The summed E-state index contributed by atoms with van der Waals surface area (Å²) in [6, 6.07) is 7.75. The van der Waals surface area contributed by atoms with Gasteiger partial charge in [0, 0.05) is 19.6 Å². The Labute approximate surface area is 147 Å². The van der Waals surface area contributed by atoms with Crippen molar-refractivity contribution in [1.82, 2.24) is 4.90 Å². The number of hydrogen-bond donors (Lipinski definition) is 1. The fourth-order valence-electron chi connectivity index (χ4n) is 1.80. The molecule has 1 rings (SSSR count). The largest absolute Gasteiger partial charge is 0.492 e. The third kappa shape index (κ3) is 7.47. The van der Waals surface area contributed by atoms with Crippen molar-refractivity contribution in [3.8, 4) is 5.75 Å². The summed E-state index contributed by atoms with van der Waals surface area (Å²) in [5.74, 6) is 1.28. The van der Waals surface area contributed by atoms with E-state index in [0.717, 1.165) is 16.6 Å². The number of nitrogens with zero attached hydrogens (tertiary/aromatic N) is 1. The van der Waals surface area contributed by atoms with E-state index in [2.05, 4.69) is 29.8 Å². The van der Waals surface area contributed by atoms with Crippen molar-refractivity contribution in [2.24, 2.45) is 11.7 Å². The standard InChI is InChI=1S/C16H25BrN2O2.ClH/c1-12(2)14(18)8-10-19(3)16(20)9-11-21-15-7-5-4-6-13(15)17;/h4-7,12,14H,8-11,18H2,1-3H3;1H. The van der Waals surface area contributed by atoms with Gasteiger partial charge in [-0.15, -0.1) is 12.4 Å². The van der Waals surface area contributed by atoms with Gasteiger partial charge in [-0.3, -0.25) is 4.79 Å². The van der Waals surface area contributed by atoms with Crippen LogP contribution in [0.5, 0.6) is 5.75 Å². The molecular weight excluding hydrogens is 368 g/mol. The molecule has 1 aromatic carbocycles. The SMILES string of the molecule is CC(C)C(N)CCN(C)C(=O)CCOc1ccccc1Br.Cl. The van der Waals surface area contributed by atoms with Gasteiger partial charge in [0.15, 0.2) is 0 Å². The van der Waals surface area contributed by atoms with Gasteiger partial charge in [0.05, 0.1) is 17.5 Å². The highest BCUT2D eigenvalue weighted by Crippen LogP contribution is 2.23. The number of para-hydroxylation sites is 1. The summed E-state index contributed by atoms with van der Waals surface area (Å²) in [7, 11) is 1.81. The summed E-state index contributed by atoms with van der Waals surface area (Å²) < 4.78 is 6.50. The lowest BCUT2D eigenvalue weighted by atomic mass is 10.0. The lowest BCUT2D eigenvalue weighted by Crippen LogP contribution is -2.35. The highest BCUT2D eigenvalue weighted by Gasteiger charge is 2.13. The van der Waals surface area contributed by atoms with Gasteiger partial charge >= 0.3 is 0 Å². The molecule has 0 aliphatic heterocycles. The Morgan fingerprint density at radius 1 is 1.36 bits per heavy atom. The molecule has 6 heteroatoms. The monoisotopic (exact) mass is 392 g/mol.